The molecule has 0 aliphatic carbocycles. The van der Waals surface area contributed by atoms with E-state index in [0.717, 1.165) is 5.39 Å². The lowest BCUT2D eigenvalue weighted by Crippen LogP contribution is -2.29. The predicted octanol–water partition coefficient (Wildman–Crippen LogP) is 1.10. The first-order chi connectivity index (χ1) is 8.69. The van der Waals surface area contributed by atoms with Gasteiger partial charge in [0, 0.05) is 12.5 Å². The van der Waals surface area contributed by atoms with Crippen LogP contribution in [0.2, 0.25) is 0 Å². The lowest BCUT2D eigenvalue weighted by Gasteiger charge is -2.21. The molecule has 1 aromatic heterocycles. The van der Waals surface area contributed by atoms with Gasteiger partial charge in [-0.3, -0.25) is 0 Å². The number of methoxy groups -OCH3 is 1. The van der Waals surface area contributed by atoms with Crippen LogP contribution in [0.4, 0.5) is 0 Å². The van der Waals surface area contributed by atoms with Crippen LogP contribution in [-0.2, 0) is 6.42 Å². The molecule has 0 bridgehead atoms. The average molecular weight is 248 g/mol. The summed E-state index contributed by atoms with van der Waals surface area (Å²) in [6, 6.07) is 5.20. The van der Waals surface area contributed by atoms with Crippen LogP contribution >= 0.6 is 0 Å². The Morgan fingerprint density at radius 2 is 2.28 bits per heavy atom. The van der Waals surface area contributed by atoms with Crippen molar-refractivity contribution < 1.29 is 19.0 Å². The minimum Gasteiger partial charge on any atom is -0.497 e. The Kier molecular flexibility index (Phi) is 2.48. The molecule has 5 nitrogen and oxygen atoms in total. The molecule has 1 N–H and O–H groups in total. The molecule has 94 valence electrons. The zero-order valence-electron chi connectivity index (χ0n) is 9.80. The molecule has 2 aromatic rings. The van der Waals surface area contributed by atoms with Crippen molar-refractivity contribution in [1.29, 1.82) is 0 Å². The van der Waals surface area contributed by atoms with Gasteiger partial charge in [0.25, 0.3) is 0 Å². The Hall–Kier alpha value is -2.01. The molecule has 18 heavy (non-hydrogen) atoms. The molecule has 0 fully saturated rings. The van der Waals surface area contributed by atoms with Gasteiger partial charge in [-0.05, 0) is 12.1 Å². The van der Waals surface area contributed by atoms with Crippen molar-refractivity contribution in [2.24, 2.45) is 0 Å². The van der Waals surface area contributed by atoms with Gasteiger partial charge < -0.3 is 19.0 Å². The molecule has 0 radical (unpaired) electrons. The Labute approximate surface area is 103 Å². The molecule has 1 aliphatic heterocycles. The third kappa shape index (κ3) is 1.64. The number of benzene rings is 1. The smallest absolute Gasteiger partial charge is 0.343 e. The number of rotatable bonds is 1. The first-order valence-electron chi connectivity index (χ1n) is 5.63. The van der Waals surface area contributed by atoms with Crippen LogP contribution in [0.3, 0.4) is 0 Å². The number of fused-ring (bicyclic) bond motifs is 3. The van der Waals surface area contributed by atoms with E-state index >= 15 is 0 Å². The summed E-state index contributed by atoms with van der Waals surface area (Å²) in [7, 11) is 1.55. The molecule has 5 heteroatoms. The van der Waals surface area contributed by atoms with E-state index in [-0.39, 0.29) is 13.0 Å². The van der Waals surface area contributed by atoms with E-state index in [0.29, 0.717) is 22.6 Å². The van der Waals surface area contributed by atoms with Gasteiger partial charge in [0.2, 0.25) is 0 Å². The molecule has 1 aromatic carbocycles. The topological polar surface area (TPSA) is 68.9 Å². The summed E-state index contributed by atoms with van der Waals surface area (Å²) in [4.78, 5) is 11.8. The van der Waals surface area contributed by atoms with E-state index in [1.807, 2.05) is 0 Å². The highest BCUT2D eigenvalue weighted by Crippen LogP contribution is 2.32. The predicted molar refractivity (Wildman–Crippen MR) is 64.2 cm³/mol. The fraction of sp³-hybridized carbons (Fsp3) is 0.308. The molecular weight excluding hydrogens is 236 g/mol. The number of aliphatic hydroxyl groups is 1. The largest absolute Gasteiger partial charge is 0.497 e. The van der Waals surface area contributed by atoms with E-state index in [1.54, 1.807) is 25.3 Å². The second-order valence-corrected chi connectivity index (χ2v) is 4.23. The third-order valence-corrected chi connectivity index (χ3v) is 3.02. The molecule has 0 saturated carbocycles. The minimum atomic E-state index is -0.656. The highest BCUT2D eigenvalue weighted by molar-refractivity contribution is 5.85. The number of hydrogen-bond acceptors (Lipinski definition) is 5. The number of hydrogen-bond donors (Lipinski definition) is 1. The third-order valence-electron chi connectivity index (χ3n) is 3.02. The Morgan fingerprint density at radius 1 is 1.44 bits per heavy atom. The van der Waals surface area contributed by atoms with E-state index in [2.05, 4.69) is 0 Å². The molecule has 1 unspecified atom stereocenters. The van der Waals surface area contributed by atoms with Crippen molar-refractivity contribution in [3.05, 3.63) is 34.2 Å². The quantitative estimate of drug-likeness (QED) is 0.765. The summed E-state index contributed by atoms with van der Waals surface area (Å²) in [5.74, 6) is 1.12. The zero-order valence-corrected chi connectivity index (χ0v) is 9.80. The monoisotopic (exact) mass is 248 g/mol. The summed E-state index contributed by atoms with van der Waals surface area (Å²) in [6.45, 7) is 0.192. The van der Waals surface area contributed by atoms with E-state index in [1.165, 1.54) is 0 Å². The van der Waals surface area contributed by atoms with Gasteiger partial charge in [-0.15, -0.1) is 0 Å². The van der Waals surface area contributed by atoms with Crippen molar-refractivity contribution in [1.82, 2.24) is 0 Å². The molecule has 0 spiro atoms. The molecule has 3 rings (SSSR count). The maximum Gasteiger partial charge on any atom is 0.343 e. The maximum atomic E-state index is 11.8. The van der Waals surface area contributed by atoms with Crippen LogP contribution in [0.1, 0.15) is 5.56 Å². The average Bonchev–Trinajstić information content (AvgIpc) is 2.38. The first-order valence-corrected chi connectivity index (χ1v) is 5.63. The fourth-order valence-electron chi connectivity index (χ4n) is 2.13. The first kappa shape index (κ1) is 11.1. The van der Waals surface area contributed by atoms with E-state index < -0.39 is 11.7 Å². The van der Waals surface area contributed by atoms with Crippen molar-refractivity contribution in [2.75, 3.05) is 13.7 Å². The Balaban J connectivity index is 2.28. The van der Waals surface area contributed by atoms with Crippen LogP contribution in [-0.4, -0.2) is 24.9 Å². The second-order valence-electron chi connectivity index (χ2n) is 4.23. The number of ether oxygens (including phenoxy) is 2. The minimum absolute atomic E-state index is 0.192. The van der Waals surface area contributed by atoms with Crippen LogP contribution in [0.25, 0.3) is 11.0 Å². The lowest BCUT2D eigenvalue weighted by molar-refractivity contribution is 0.0914. The fourth-order valence-corrected chi connectivity index (χ4v) is 2.13. The molecule has 1 aliphatic rings. The van der Waals surface area contributed by atoms with Crippen LogP contribution in [0, 0.1) is 0 Å². The number of aliphatic hydroxyl groups excluding tert-OH is 1. The van der Waals surface area contributed by atoms with Gasteiger partial charge >= 0.3 is 5.63 Å². The summed E-state index contributed by atoms with van der Waals surface area (Å²) < 4.78 is 15.8. The second kappa shape index (κ2) is 4.03. The van der Waals surface area contributed by atoms with Crippen LogP contribution < -0.4 is 15.1 Å². The normalized spacial score (nSPS) is 18.2. The van der Waals surface area contributed by atoms with Crippen LogP contribution in [0.15, 0.2) is 27.4 Å². The molecule has 0 saturated heterocycles. The Bertz CT molecular complexity index is 658. The van der Waals surface area contributed by atoms with Gasteiger partial charge in [-0.2, -0.15) is 0 Å². The molecular formula is C13H12O5. The SMILES string of the molecule is COc1ccc2c3c(c(=O)oc2c1)CC(O)CO3. The zero-order chi connectivity index (χ0) is 12.7. The molecule has 2 heterocycles. The maximum absolute atomic E-state index is 11.8. The molecule has 1 atom stereocenters. The highest BCUT2D eigenvalue weighted by atomic mass is 16.5. The summed E-state index contributed by atoms with van der Waals surface area (Å²) >= 11 is 0. The van der Waals surface area contributed by atoms with Gasteiger partial charge in [0.1, 0.15) is 23.7 Å². The highest BCUT2D eigenvalue weighted by Gasteiger charge is 2.24. The van der Waals surface area contributed by atoms with Crippen molar-refractivity contribution in [3.63, 3.8) is 0 Å². The van der Waals surface area contributed by atoms with Gasteiger partial charge in [0.15, 0.2) is 0 Å². The summed E-state index contributed by atoms with van der Waals surface area (Å²) in [5, 5.41) is 10.2. The van der Waals surface area contributed by atoms with Gasteiger partial charge in [0.05, 0.1) is 24.2 Å². The van der Waals surface area contributed by atoms with Crippen LogP contribution in [0.5, 0.6) is 11.5 Å². The summed E-state index contributed by atoms with van der Waals surface area (Å²) in [6.07, 6.45) is -0.393. The van der Waals surface area contributed by atoms with Crippen molar-refractivity contribution in [3.8, 4) is 11.5 Å². The van der Waals surface area contributed by atoms with Gasteiger partial charge in [-0.1, -0.05) is 0 Å². The van der Waals surface area contributed by atoms with Gasteiger partial charge in [-0.25, -0.2) is 4.79 Å². The Morgan fingerprint density at radius 3 is 3.06 bits per heavy atom. The lowest BCUT2D eigenvalue weighted by atomic mass is 10.0. The molecule has 0 amide bonds. The van der Waals surface area contributed by atoms with E-state index in [4.69, 9.17) is 13.9 Å². The van der Waals surface area contributed by atoms with Crippen molar-refractivity contribution in [2.45, 2.75) is 12.5 Å². The standard InChI is InChI=1S/C13H12O5/c1-16-8-2-3-9-11(5-8)18-13(15)10-4-7(14)6-17-12(9)10/h2-3,5,7,14H,4,6H2,1H3. The summed E-state index contributed by atoms with van der Waals surface area (Å²) in [5.41, 5.74) is 0.352. The van der Waals surface area contributed by atoms with E-state index in [9.17, 15) is 9.90 Å². The van der Waals surface area contributed by atoms with Crippen molar-refractivity contribution >= 4 is 11.0 Å².